The highest BCUT2D eigenvalue weighted by atomic mass is 16.6. The second-order valence-corrected chi connectivity index (χ2v) is 13.1. The fourth-order valence-electron chi connectivity index (χ4n) is 8.48. The average Bonchev–Trinajstić information content (AvgIpc) is 3.45. The third kappa shape index (κ3) is 4.00. The van der Waals surface area contributed by atoms with Gasteiger partial charge in [-0.3, -0.25) is 14.4 Å². The van der Waals surface area contributed by atoms with Gasteiger partial charge in [-0.2, -0.15) is 0 Å². The van der Waals surface area contributed by atoms with Crippen LogP contribution in [0.3, 0.4) is 0 Å². The van der Waals surface area contributed by atoms with E-state index in [1.54, 1.807) is 32.4 Å². The molecule has 216 valence electrons. The first-order chi connectivity index (χ1) is 18.8. The minimum absolute atomic E-state index is 0.0150. The van der Waals surface area contributed by atoms with Crippen LogP contribution in [0.25, 0.3) is 0 Å². The van der Waals surface area contributed by atoms with Crippen LogP contribution in [0, 0.1) is 39.9 Å². The Morgan fingerprint density at radius 3 is 2.50 bits per heavy atom. The maximum absolute atomic E-state index is 14.4. The van der Waals surface area contributed by atoms with Crippen LogP contribution in [0.4, 0.5) is 0 Å². The summed E-state index contributed by atoms with van der Waals surface area (Å²) in [5, 5.41) is 0. The second-order valence-electron chi connectivity index (χ2n) is 13.1. The van der Waals surface area contributed by atoms with Gasteiger partial charge in [0.25, 0.3) is 0 Å². The van der Waals surface area contributed by atoms with Crippen molar-refractivity contribution in [3.63, 3.8) is 0 Å². The number of ether oxygens (including phenoxy) is 3. The van der Waals surface area contributed by atoms with Crippen molar-refractivity contribution in [1.82, 2.24) is 0 Å². The normalized spacial score (nSPS) is 38.4. The summed E-state index contributed by atoms with van der Waals surface area (Å²) in [7, 11) is 1.35. The quantitative estimate of drug-likeness (QED) is 0.203. The van der Waals surface area contributed by atoms with Crippen molar-refractivity contribution in [3.05, 3.63) is 47.5 Å². The third-order valence-electron chi connectivity index (χ3n) is 10.8. The number of carbonyl (C=O) groups excluding carboxylic acids is 4. The zero-order valence-electron chi connectivity index (χ0n) is 24.4. The number of furan rings is 1. The zero-order chi connectivity index (χ0) is 29.2. The first-order valence-corrected chi connectivity index (χ1v) is 14.2. The van der Waals surface area contributed by atoms with Gasteiger partial charge in [0.2, 0.25) is 0 Å². The summed E-state index contributed by atoms with van der Waals surface area (Å²) in [5.74, 6) is -2.66. The van der Waals surface area contributed by atoms with Crippen LogP contribution in [0.1, 0.15) is 78.9 Å². The minimum Gasteiger partial charge on any atom is -0.472 e. The van der Waals surface area contributed by atoms with Gasteiger partial charge >= 0.3 is 17.9 Å². The maximum Gasteiger partial charge on any atom is 0.333 e. The molecule has 1 saturated heterocycles. The molecule has 2 bridgehead atoms. The fourth-order valence-corrected chi connectivity index (χ4v) is 8.48. The van der Waals surface area contributed by atoms with E-state index < -0.39 is 52.2 Å². The number of Topliss-reactive ketones (excluding diaryl/α,β-unsaturated/α-hetero) is 1. The number of cyclic esters (lactones) is 1. The number of methoxy groups -OCH3 is 1. The van der Waals surface area contributed by atoms with E-state index in [-0.39, 0.29) is 36.4 Å². The molecule has 4 aliphatic rings. The largest absolute Gasteiger partial charge is 0.472 e. The molecule has 3 fully saturated rings. The molecule has 5 rings (SSSR count). The number of rotatable bonds is 5. The lowest BCUT2D eigenvalue weighted by molar-refractivity contribution is -0.195. The van der Waals surface area contributed by atoms with Gasteiger partial charge in [0.15, 0.2) is 0 Å². The minimum atomic E-state index is -0.904. The second kappa shape index (κ2) is 9.74. The van der Waals surface area contributed by atoms with Gasteiger partial charge in [-0.15, -0.1) is 0 Å². The van der Waals surface area contributed by atoms with Crippen molar-refractivity contribution < 1.29 is 37.8 Å². The van der Waals surface area contributed by atoms with E-state index in [9.17, 15) is 19.2 Å². The van der Waals surface area contributed by atoms with Gasteiger partial charge in [-0.05, 0) is 50.5 Å². The molecule has 0 spiro atoms. The molecule has 1 aliphatic heterocycles. The molecule has 3 aliphatic carbocycles. The predicted octanol–water partition coefficient (Wildman–Crippen LogP) is 5.53. The summed E-state index contributed by atoms with van der Waals surface area (Å²) in [6.07, 6.45) is 7.30. The molecule has 0 amide bonds. The number of fused-ring (bicyclic) bond motifs is 6. The van der Waals surface area contributed by atoms with Crippen LogP contribution >= 0.6 is 0 Å². The maximum atomic E-state index is 14.4. The smallest absolute Gasteiger partial charge is 0.333 e. The Hall–Kier alpha value is -3.16. The molecule has 1 aromatic heterocycles. The van der Waals surface area contributed by atoms with E-state index in [4.69, 9.17) is 18.6 Å². The van der Waals surface area contributed by atoms with Crippen LogP contribution in [-0.4, -0.2) is 36.9 Å². The fraction of sp³-hybridized carbons (Fsp3) is 0.625. The number of carbonyl (C=O) groups is 4. The molecule has 0 N–H and O–H groups in total. The SMILES string of the molecule is CC=C(C)C(=O)O[C@@H]1[C@@H]2C=C3[C@@H](CC[C@]4(C)[C@H]3CC(=O)O[C@H]4c3ccoc3)[C@](C)(C2=O)[C@H](CC(=O)OC)C1(C)C. The number of esters is 3. The lowest BCUT2D eigenvalue weighted by Gasteiger charge is -2.63. The monoisotopic (exact) mass is 552 g/mol. The molecule has 8 heteroatoms. The Labute approximate surface area is 235 Å². The van der Waals surface area contributed by atoms with E-state index in [2.05, 4.69) is 6.92 Å². The van der Waals surface area contributed by atoms with Crippen LogP contribution in [-0.2, 0) is 33.4 Å². The highest BCUT2D eigenvalue weighted by Gasteiger charge is 2.69. The van der Waals surface area contributed by atoms with E-state index >= 15 is 0 Å². The first kappa shape index (κ1) is 28.4. The van der Waals surface area contributed by atoms with Gasteiger partial charge < -0.3 is 18.6 Å². The summed E-state index contributed by atoms with van der Waals surface area (Å²) >= 11 is 0. The topological polar surface area (TPSA) is 109 Å². The average molecular weight is 553 g/mol. The molecule has 8 atom stereocenters. The van der Waals surface area contributed by atoms with Crippen molar-refractivity contribution in [1.29, 1.82) is 0 Å². The Balaban J connectivity index is 1.66. The van der Waals surface area contributed by atoms with E-state index in [0.717, 1.165) is 17.6 Å². The lowest BCUT2D eigenvalue weighted by atomic mass is 9.40. The number of hydrogen-bond donors (Lipinski definition) is 0. The molecule has 0 radical (unpaired) electrons. The zero-order valence-corrected chi connectivity index (χ0v) is 24.4. The Morgan fingerprint density at radius 1 is 1.15 bits per heavy atom. The number of hydrogen-bond acceptors (Lipinski definition) is 8. The van der Waals surface area contributed by atoms with E-state index in [0.29, 0.717) is 12.0 Å². The van der Waals surface area contributed by atoms with Crippen LogP contribution in [0.5, 0.6) is 0 Å². The summed E-state index contributed by atoms with van der Waals surface area (Å²) in [6.45, 7) is 11.5. The van der Waals surface area contributed by atoms with Gasteiger partial charge in [0.05, 0.1) is 32.0 Å². The first-order valence-electron chi connectivity index (χ1n) is 14.2. The highest BCUT2D eigenvalue weighted by Crippen LogP contribution is 2.68. The summed E-state index contributed by atoms with van der Waals surface area (Å²) < 4.78 is 22.5. The Morgan fingerprint density at radius 2 is 1.88 bits per heavy atom. The van der Waals surface area contributed by atoms with Crippen molar-refractivity contribution in [3.8, 4) is 0 Å². The van der Waals surface area contributed by atoms with E-state index in [1.807, 2.05) is 32.9 Å². The van der Waals surface area contributed by atoms with Crippen LogP contribution in [0.2, 0.25) is 0 Å². The van der Waals surface area contributed by atoms with Crippen molar-refractivity contribution in [2.24, 2.45) is 39.9 Å². The standard InChI is InChI=1S/C32H40O8/c1-8-17(2)29(36)40-28-20-13-19-21(32(6,26(20)35)23(30(28,3)4)15-24(33)37-7)9-11-31(5)22(19)14-25(34)39-27(31)18-10-12-38-16-18/h8,10,12-13,16,20-23,27-28H,9,11,14-15H2,1-7H3/t20-,21-,22+,23-,27+,28-,31-,32+/m1/s1. The van der Waals surface area contributed by atoms with Crippen molar-refractivity contribution in [2.45, 2.75) is 79.4 Å². The third-order valence-corrected chi connectivity index (χ3v) is 10.8. The molecule has 1 aromatic rings. The molecular formula is C32H40O8. The number of allylic oxidation sites excluding steroid dienone is 2. The van der Waals surface area contributed by atoms with Gasteiger partial charge in [0, 0.05) is 33.8 Å². The molecule has 0 unspecified atom stereocenters. The van der Waals surface area contributed by atoms with Crippen LogP contribution < -0.4 is 0 Å². The van der Waals surface area contributed by atoms with Gasteiger partial charge in [0.1, 0.15) is 18.0 Å². The molecular weight excluding hydrogens is 512 g/mol. The Bertz CT molecular complexity index is 1290. The van der Waals surface area contributed by atoms with Gasteiger partial charge in [-0.1, -0.05) is 45.4 Å². The summed E-state index contributed by atoms with van der Waals surface area (Å²) in [4.78, 5) is 53.3. The highest BCUT2D eigenvalue weighted by molar-refractivity contribution is 5.94. The van der Waals surface area contributed by atoms with Gasteiger partial charge in [-0.25, -0.2) is 4.79 Å². The van der Waals surface area contributed by atoms with Crippen molar-refractivity contribution in [2.75, 3.05) is 7.11 Å². The van der Waals surface area contributed by atoms with E-state index in [1.165, 1.54) is 7.11 Å². The lowest BCUT2D eigenvalue weighted by Crippen LogP contribution is -2.66. The van der Waals surface area contributed by atoms with Crippen LogP contribution in [0.15, 0.2) is 46.3 Å². The Kier molecular flexibility index (Phi) is 6.91. The molecule has 0 aromatic carbocycles. The molecule has 2 saturated carbocycles. The molecule has 40 heavy (non-hydrogen) atoms. The predicted molar refractivity (Wildman–Crippen MR) is 144 cm³/mol. The molecule has 8 nitrogen and oxygen atoms in total. The summed E-state index contributed by atoms with van der Waals surface area (Å²) in [6, 6.07) is 1.83. The number of ketones is 1. The summed E-state index contributed by atoms with van der Waals surface area (Å²) in [5.41, 5.74) is 0.283. The molecule has 2 heterocycles. The van der Waals surface area contributed by atoms with Crippen molar-refractivity contribution >= 4 is 23.7 Å².